The molecule has 28 valence electrons. The summed E-state index contributed by atoms with van der Waals surface area (Å²) in [6.45, 7) is 0. The normalized spacial score (nSPS) is 5.80. The van der Waals surface area contributed by atoms with Gasteiger partial charge >= 0.3 is 35.2 Å². The van der Waals surface area contributed by atoms with Gasteiger partial charge in [0, 0.05) is 0 Å². The van der Waals surface area contributed by atoms with E-state index in [2.05, 4.69) is 8.83 Å². The molecule has 0 unspecified atom stereocenters. The molecule has 0 fully saturated rings. The quantitative estimate of drug-likeness (QED) is 0.261. The fraction of sp³-hybridized carbons (Fsp3) is 1.00. The van der Waals surface area contributed by atoms with Crippen molar-refractivity contribution in [1.29, 1.82) is 0 Å². The molecule has 0 aliphatic carbocycles. The van der Waals surface area contributed by atoms with Crippen LogP contribution in [0, 0.1) is 0 Å². The van der Waals surface area contributed by atoms with E-state index in [4.69, 9.17) is 0 Å². The van der Waals surface area contributed by atoms with Gasteiger partial charge < -0.3 is 0 Å². The Labute approximate surface area is 36.1 Å². The minimum atomic E-state index is -1.19. The van der Waals surface area contributed by atoms with E-state index < -0.39 is 15.5 Å². The first-order valence-electron chi connectivity index (χ1n) is 1.05. The molecule has 0 saturated heterocycles. The molecule has 0 rings (SSSR count). The fourth-order valence-corrected chi connectivity index (χ4v) is 0.118. The van der Waals surface area contributed by atoms with E-state index in [9.17, 15) is 3.80 Å². The summed E-state index contributed by atoms with van der Waals surface area (Å²) >= 11 is -1.19. The Bertz CT molecular complexity index is 28.1. The number of rotatable bonds is 2. The van der Waals surface area contributed by atoms with Crippen LogP contribution in [0.3, 0.4) is 0 Å². The van der Waals surface area contributed by atoms with E-state index in [1.807, 2.05) is 0 Å². The van der Waals surface area contributed by atoms with Crippen molar-refractivity contribution >= 4 is 15.5 Å². The van der Waals surface area contributed by atoms with Gasteiger partial charge in [-0.25, -0.2) is 0 Å². The van der Waals surface area contributed by atoms with Crippen molar-refractivity contribution in [2.45, 2.75) is 0 Å². The topological polar surface area (TPSA) is 35.5 Å². The number of hydrogen-bond donors (Lipinski definition) is 0. The summed E-state index contributed by atoms with van der Waals surface area (Å²) in [4.78, 5) is 3.92. The fourth-order valence-electron chi connectivity index (χ4n) is 0.0393. The SMILES string of the molecule is CO[O][Al]=[O]. The molecule has 0 radical (unpaired) electrons. The van der Waals surface area contributed by atoms with E-state index in [0.717, 1.165) is 0 Å². The first-order valence-corrected chi connectivity index (χ1v) is 1.99. The summed E-state index contributed by atoms with van der Waals surface area (Å²) in [6, 6.07) is 0. The summed E-state index contributed by atoms with van der Waals surface area (Å²) < 4.78 is 13.1. The molecular weight excluding hydrogens is 87.0 g/mol. The van der Waals surface area contributed by atoms with E-state index >= 15 is 0 Å². The Kier molecular flexibility index (Phi) is 4.17. The molecule has 0 saturated carbocycles. The maximum atomic E-state index is 9.27. The molecule has 0 aliphatic heterocycles. The van der Waals surface area contributed by atoms with Gasteiger partial charge in [-0.05, 0) is 0 Å². The molecule has 0 bridgehead atoms. The molecule has 0 heterocycles. The van der Waals surface area contributed by atoms with Crippen molar-refractivity contribution in [3.8, 4) is 0 Å². The summed E-state index contributed by atoms with van der Waals surface area (Å²) in [6.07, 6.45) is 0. The number of hydrogen-bond acceptors (Lipinski definition) is 3. The van der Waals surface area contributed by atoms with Crippen molar-refractivity contribution in [3.05, 3.63) is 0 Å². The third-order valence-electron chi connectivity index (χ3n) is 0.136. The van der Waals surface area contributed by atoms with E-state index in [-0.39, 0.29) is 0 Å². The Morgan fingerprint density at radius 1 is 1.80 bits per heavy atom. The van der Waals surface area contributed by atoms with Crippen molar-refractivity contribution in [1.82, 2.24) is 0 Å². The first kappa shape index (κ1) is 5.09. The Balaban J connectivity index is 2.40. The Morgan fingerprint density at radius 2 is 2.40 bits per heavy atom. The van der Waals surface area contributed by atoms with Crippen LogP contribution in [0.5, 0.6) is 0 Å². The van der Waals surface area contributed by atoms with Gasteiger partial charge in [0.1, 0.15) is 0 Å². The predicted octanol–water partition coefficient (Wildman–Crippen LogP) is -0.471. The van der Waals surface area contributed by atoms with Crippen LogP contribution >= 0.6 is 0 Å². The molecule has 0 aromatic rings. The standard InChI is InChI=1S/CH4O2.Al.O/c1-3-2;;/h2H,1H3;;/q;+1;/p-1. The summed E-state index contributed by atoms with van der Waals surface area (Å²) in [7, 11) is 1.31. The average Bonchev–Trinajstić information content (AvgIpc) is 1.41. The van der Waals surface area contributed by atoms with Crippen LogP contribution in [0.15, 0.2) is 0 Å². The van der Waals surface area contributed by atoms with Crippen LogP contribution in [0.1, 0.15) is 0 Å². The van der Waals surface area contributed by atoms with Gasteiger partial charge in [-0.2, -0.15) is 0 Å². The van der Waals surface area contributed by atoms with E-state index in [0.29, 0.717) is 0 Å². The van der Waals surface area contributed by atoms with E-state index in [1.54, 1.807) is 0 Å². The first-order chi connectivity index (χ1) is 2.41. The molecule has 0 spiro atoms. The molecular formula is CH3AlO3. The van der Waals surface area contributed by atoms with Gasteiger partial charge in [0.15, 0.2) is 0 Å². The van der Waals surface area contributed by atoms with Crippen molar-refractivity contribution < 1.29 is 12.6 Å². The summed E-state index contributed by atoms with van der Waals surface area (Å²) in [5.41, 5.74) is 0. The van der Waals surface area contributed by atoms with Gasteiger partial charge in [0.05, 0.1) is 0 Å². The molecule has 4 heteroatoms. The zero-order valence-electron chi connectivity index (χ0n) is 2.80. The van der Waals surface area contributed by atoms with Crippen molar-refractivity contribution in [3.63, 3.8) is 0 Å². The predicted molar refractivity (Wildman–Crippen MR) is 14.5 cm³/mol. The minimum absolute atomic E-state index is 1.19. The maximum absolute atomic E-state index is 9.27. The second-order valence-corrected chi connectivity index (χ2v) is 0.744. The van der Waals surface area contributed by atoms with Gasteiger partial charge in [0.2, 0.25) is 0 Å². The van der Waals surface area contributed by atoms with Gasteiger partial charge in [-0.1, -0.05) is 0 Å². The van der Waals surface area contributed by atoms with Crippen LogP contribution in [0.4, 0.5) is 0 Å². The summed E-state index contributed by atoms with van der Waals surface area (Å²) in [5, 5.41) is 0. The molecule has 0 amide bonds. The zero-order valence-corrected chi connectivity index (χ0v) is 3.96. The zero-order chi connectivity index (χ0) is 4.12. The Hall–Kier alpha value is 0.0925. The average molecular weight is 90.0 g/mol. The molecule has 0 aromatic carbocycles. The van der Waals surface area contributed by atoms with Crippen molar-refractivity contribution in [2.75, 3.05) is 7.11 Å². The van der Waals surface area contributed by atoms with Gasteiger partial charge in [-0.15, -0.1) is 0 Å². The second kappa shape index (κ2) is 4.09. The molecule has 3 nitrogen and oxygen atoms in total. The van der Waals surface area contributed by atoms with Crippen LogP contribution in [0.25, 0.3) is 0 Å². The van der Waals surface area contributed by atoms with Crippen LogP contribution in [-0.4, -0.2) is 22.6 Å². The third-order valence-corrected chi connectivity index (χ3v) is 0.407. The van der Waals surface area contributed by atoms with Gasteiger partial charge in [-0.3, -0.25) is 0 Å². The summed E-state index contributed by atoms with van der Waals surface area (Å²) in [5.74, 6) is 0. The van der Waals surface area contributed by atoms with Crippen LogP contribution in [0.2, 0.25) is 0 Å². The second-order valence-electron chi connectivity index (χ2n) is 0.359. The molecule has 0 aliphatic rings. The Morgan fingerprint density at radius 3 is 2.40 bits per heavy atom. The molecule has 5 heavy (non-hydrogen) atoms. The molecule has 0 atom stereocenters. The third kappa shape index (κ3) is 4.09. The van der Waals surface area contributed by atoms with E-state index in [1.165, 1.54) is 7.11 Å². The molecule has 0 aromatic heterocycles. The monoisotopic (exact) mass is 90.0 g/mol. The van der Waals surface area contributed by atoms with Crippen molar-refractivity contribution in [2.24, 2.45) is 0 Å². The van der Waals surface area contributed by atoms with Gasteiger partial charge in [0.25, 0.3) is 0 Å². The van der Waals surface area contributed by atoms with Crippen LogP contribution < -0.4 is 0 Å². The molecule has 0 N–H and O–H groups in total. The van der Waals surface area contributed by atoms with Crippen LogP contribution in [-0.2, 0) is 12.6 Å².